The van der Waals surface area contributed by atoms with Gasteiger partial charge in [0.15, 0.2) is 0 Å². The van der Waals surface area contributed by atoms with E-state index in [-0.39, 0.29) is 22.4 Å². The van der Waals surface area contributed by atoms with Crippen molar-refractivity contribution in [3.63, 3.8) is 0 Å². The van der Waals surface area contributed by atoms with Crippen LogP contribution in [0.5, 0.6) is 0 Å². The van der Waals surface area contributed by atoms with E-state index < -0.39 is 21.7 Å². The Kier molecular flexibility index (Phi) is 18.6. The summed E-state index contributed by atoms with van der Waals surface area (Å²) in [5, 5.41) is 1.28. The summed E-state index contributed by atoms with van der Waals surface area (Å²) in [5.41, 5.74) is 3.71. The molecule has 0 radical (unpaired) electrons. The molecule has 1 aliphatic heterocycles. The molecule has 1 unspecified atom stereocenters. The van der Waals surface area contributed by atoms with E-state index in [1.807, 2.05) is 92.8 Å². The van der Waals surface area contributed by atoms with Gasteiger partial charge in [0, 0.05) is 55.2 Å². The van der Waals surface area contributed by atoms with Crippen molar-refractivity contribution in [2.24, 2.45) is 0 Å². The van der Waals surface area contributed by atoms with Crippen LogP contribution in [-0.4, -0.2) is 77.3 Å². The molecule has 2 aromatic carbocycles. The molecule has 9 nitrogen and oxygen atoms in total. The van der Waals surface area contributed by atoms with E-state index in [4.69, 9.17) is 21.1 Å². The summed E-state index contributed by atoms with van der Waals surface area (Å²) in [6, 6.07) is 14.6. The van der Waals surface area contributed by atoms with Crippen molar-refractivity contribution in [2.75, 3.05) is 31.5 Å². The minimum atomic E-state index is -3.84. The number of alkyl halides is 1. The number of benzene rings is 2. The first kappa shape index (κ1) is 46.3. The Morgan fingerprint density at radius 2 is 1.51 bits per heavy atom. The third-order valence-corrected chi connectivity index (χ3v) is 11.1. The van der Waals surface area contributed by atoms with Crippen LogP contribution in [0, 0.1) is 13.8 Å². The molecule has 294 valence electrons. The molecule has 0 spiro atoms. The lowest BCUT2D eigenvalue weighted by Crippen LogP contribution is -2.50. The first-order chi connectivity index (χ1) is 24.8. The van der Waals surface area contributed by atoms with Crippen LogP contribution >= 0.6 is 27.5 Å². The molecule has 4 rings (SSSR count). The van der Waals surface area contributed by atoms with Gasteiger partial charge in [0.05, 0.1) is 10.9 Å². The molecule has 1 saturated heterocycles. The molecule has 1 aliphatic rings. The number of hydrogen-bond acceptors (Lipinski definition) is 8. The maximum Gasteiger partial charge on any atom is 0.306 e. The maximum atomic E-state index is 14.1. The number of aryl methyl sites for hydroxylation is 1. The zero-order chi connectivity index (χ0) is 40.0. The third-order valence-electron chi connectivity index (χ3n) is 8.03. The largest absolute Gasteiger partial charge is 0.460 e. The van der Waals surface area contributed by atoms with Gasteiger partial charge < -0.3 is 14.4 Å². The summed E-state index contributed by atoms with van der Waals surface area (Å²) in [4.78, 5) is 29.9. The molecule has 2 heterocycles. The Labute approximate surface area is 332 Å². The fraction of sp³-hybridized carbons (Fsp3) is 0.537. The standard InChI is InChI=1S/C31H38ClN3O4S.C8H15BrO2.C2H6/c1-22-20-33-15-14-26(22)24-9-6-10-25(19-24)28-21-34(16-8-13-30(36)39-31(3,4)5)17-18-35(28)40(37,38)29-12-7-11-27(32)23(29)2;1-8(2,3)11-7(10)5-4-6-9;1-2/h6-7,9-12,14-15,19-20,28H,8,13,16-18,21H2,1-5H3;4-6H2,1-3H3;1-2H3. The monoisotopic (exact) mass is 835 g/mol. The molecule has 53 heavy (non-hydrogen) atoms. The SMILES string of the molecule is CC.CC(C)(C)OC(=O)CCCBr.Cc1cnccc1-c1cccc(C2CN(CCCC(=O)OC(C)(C)C)CCN2S(=O)(=O)c2cccc(Cl)c2C)c1. The van der Waals surface area contributed by atoms with Gasteiger partial charge in [0.25, 0.3) is 0 Å². The summed E-state index contributed by atoms with van der Waals surface area (Å²) >= 11 is 9.58. The normalized spacial score (nSPS) is 15.4. The summed E-state index contributed by atoms with van der Waals surface area (Å²) in [6.07, 6.45) is 5.89. The van der Waals surface area contributed by atoms with Crippen LogP contribution in [0.15, 0.2) is 65.8 Å². The zero-order valence-corrected chi connectivity index (χ0v) is 36.3. The van der Waals surface area contributed by atoms with Crippen molar-refractivity contribution in [2.45, 2.75) is 117 Å². The highest BCUT2D eigenvalue weighted by atomic mass is 79.9. The van der Waals surface area contributed by atoms with Crippen molar-refractivity contribution in [3.8, 4) is 11.1 Å². The number of esters is 2. The first-order valence-corrected chi connectivity index (χ1v) is 21.3. The van der Waals surface area contributed by atoms with Crippen LogP contribution in [-0.2, 0) is 29.1 Å². The van der Waals surface area contributed by atoms with E-state index in [2.05, 4.69) is 31.9 Å². The second-order valence-corrected chi connectivity index (χ2v) is 17.7. The van der Waals surface area contributed by atoms with Gasteiger partial charge in [0.1, 0.15) is 11.2 Å². The number of carbonyl (C=O) groups excluding carboxylic acids is 2. The minimum absolute atomic E-state index is 0.114. The predicted molar refractivity (Wildman–Crippen MR) is 219 cm³/mol. The highest BCUT2D eigenvalue weighted by Gasteiger charge is 2.38. The lowest BCUT2D eigenvalue weighted by Gasteiger charge is -2.41. The number of nitrogens with zero attached hydrogens (tertiary/aromatic N) is 3. The van der Waals surface area contributed by atoms with Gasteiger partial charge in [-0.25, -0.2) is 8.42 Å². The van der Waals surface area contributed by atoms with E-state index in [9.17, 15) is 18.0 Å². The number of piperazine rings is 1. The molecular weight excluding hydrogens is 778 g/mol. The lowest BCUT2D eigenvalue weighted by atomic mass is 9.97. The van der Waals surface area contributed by atoms with Crippen molar-refractivity contribution >= 4 is 49.5 Å². The Bertz CT molecular complexity index is 1740. The molecule has 0 aliphatic carbocycles. The van der Waals surface area contributed by atoms with Crippen molar-refractivity contribution in [3.05, 3.63) is 82.6 Å². The van der Waals surface area contributed by atoms with Crippen LogP contribution in [0.1, 0.15) is 104 Å². The van der Waals surface area contributed by atoms with Gasteiger partial charge in [-0.15, -0.1) is 0 Å². The molecule has 0 N–H and O–H groups in total. The molecule has 0 saturated carbocycles. The maximum absolute atomic E-state index is 14.1. The average molecular weight is 837 g/mol. The number of halogens is 2. The van der Waals surface area contributed by atoms with Crippen LogP contribution in [0.25, 0.3) is 11.1 Å². The van der Waals surface area contributed by atoms with E-state index in [1.54, 1.807) is 35.6 Å². The number of ether oxygens (including phenoxy) is 2. The van der Waals surface area contributed by atoms with Gasteiger partial charge >= 0.3 is 11.9 Å². The minimum Gasteiger partial charge on any atom is -0.460 e. The number of aromatic nitrogens is 1. The fourth-order valence-electron chi connectivity index (χ4n) is 5.73. The molecule has 1 atom stereocenters. The zero-order valence-electron chi connectivity index (χ0n) is 33.2. The van der Waals surface area contributed by atoms with Crippen LogP contribution in [0.4, 0.5) is 0 Å². The van der Waals surface area contributed by atoms with Gasteiger partial charge in [-0.1, -0.05) is 65.6 Å². The Balaban J connectivity index is 0.000000642. The van der Waals surface area contributed by atoms with Gasteiger partial charge in [0.2, 0.25) is 10.0 Å². The highest BCUT2D eigenvalue weighted by Crippen LogP contribution is 2.35. The van der Waals surface area contributed by atoms with Crippen LogP contribution in [0.2, 0.25) is 5.02 Å². The molecule has 3 aromatic rings. The van der Waals surface area contributed by atoms with Crippen LogP contribution in [0.3, 0.4) is 0 Å². The topological polar surface area (TPSA) is 106 Å². The molecular formula is C41H59BrClN3O6S. The number of sulfonamides is 1. The smallest absolute Gasteiger partial charge is 0.306 e. The second-order valence-electron chi connectivity index (χ2n) is 14.7. The van der Waals surface area contributed by atoms with E-state index in [1.165, 1.54) is 0 Å². The quantitative estimate of drug-likeness (QED) is 0.139. The third kappa shape index (κ3) is 15.1. The van der Waals surface area contributed by atoms with Crippen molar-refractivity contribution < 1.29 is 27.5 Å². The molecule has 1 fully saturated rings. The second kappa shape index (κ2) is 21.3. The molecule has 0 bridgehead atoms. The van der Waals surface area contributed by atoms with Crippen molar-refractivity contribution in [1.29, 1.82) is 0 Å². The predicted octanol–water partition coefficient (Wildman–Crippen LogP) is 9.72. The fourth-order valence-corrected chi connectivity index (χ4v) is 8.09. The number of rotatable bonds is 11. The van der Waals surface area contributed by atoms with Gasteiger partial charge in [-0.05, 0) is 127 Å². The van der Waals surface area contributed by atoms with Crippen molar-refractivity contribution in [1.82, 2.24) is 14.2 Å². The number of hydrogen-bond donors (Lipinski definition) is 0. The summed E-state index contributed by atoms with van der Waals surface area (Å²) in [7, 11) is -3.84. The van der Waals surface area contributed by atoms with Gasteiger partial charge in [-0.2, -0.15) is 4.31 Å². The molecule has 12 heteroatoms. The Morgan fingerprint density at radius 1 is 0.906 bits per heavy atom. The molecule has 0 amide bonds. The van der Waals surface area contributed by atoms with E-state index in [0.29, 0.717) is 56.0 Å². The summed E-state index contributed by atoms with van der Waals surface area (Å²) in [6.45, 7) is 21.0. The van der Waals surface area contributed by atoms with Crippen LogP contribution < -0.4 is 0 Å². The number of carbonyl (C=O) groups is 2. The Hall–Kier alpha value is -2.83. The summed E-state index contributed by atoms with van der Waals surface area (Å²) < 4.78 is 40.3. The lowest BCUT2D eigenvalue weighted by molar-refractivity contribution is -0.156. The number of pyridine rings is 1. The van der Waals surface area contributed by atoms with E-state index >= 15 is 0 Å². The molecule has 1 aromatic heterocycles. The highest BCUT2D eigenvalue weighted by molar-refractivity contribution is 9.09. The Morgan fingerprint density at radius 3 is 2.09 bits per heavy atom. The first-order valence-electron chi connectivity index (χ1n) is 18.3. The summed E-state index contributed by atoms with van der Waals surface area (Å²) in [5.74, 6) is -0.334. The van der Waals surface area contributed by atoms with E-state index in [0.717, 1.165) is 34.0 Å². The van der Waals surface area contributed by atoms with Gasteiger partial charge in [-0.3, -0.25) is 14.6 Å². The average Bonchev–Trinajstić information content (AvgIpc) is 3.08.